The van der Waals surface area contributed by atoms with Gasteiger partial charge in [-0.1, -0.05) is 34.1 Å². The average molecular weight is 621 g/mol. The van der Waals surface area contributed by atoms with Gasteiger partial charge in [-0.3, -0.25) is 14.6 Å². The zero-order chi connectivity index (χ0) is 28.6. The predicted octanol–water partition coefficient (Wildman–Crippen LogP) is 4.65. The predicted molar refractivity (Wildman–Crippen MR) is 154 cm³/mol. The molecule has 1 amide bonds. The fourth-order valence-electron chi connectivity index (χ4n) is 6.61. The van der Waals surface area contributed by atoms with Gasteiger partial charge in [-0.2, -0.15) is 0 Å². The Morgan fingerprint density at radius 1 is 1.07 bits per heavy atom. The number of likely N-dealkylation sites (tertiary alicyclic amines) is 1. The molecule has 218 valence electrons. The molecule has 3 fully saturated rings. The van der Waals surface area contributed by atoms with Gasteiger partial charge >= 0.3 is 0 Å². The molecule has 3 aliphatic rings. The maximum atomic E-state index is 14.9. The minimum Gasteiger partial charge on any atom is -0.368 e. The first kappa shape index (κ1) is 29.6. The minimum absolute atomic E-state index is 0.00639. The molecule has 0 radical (unpaired) electrons. The molecule has 2 unspecified atom stereocenters. The number of amides is 1. The number of hydrogen-bond acceptors (Lipinski definition) is 5. The fourth-order valence-corrected chi connectivity index (χ4v) is 6.88. The zero-order valence-electron chi connectivity index (χ0n) is 23.5. The molecule has 3 saturated heterocycles. The molecular weight excluding hydrogens is 580 g/mol. The second-order valence-electron chi connectivity index (χ2n) is 12.4. The molecule has 0 spiro atoms. The molecule has 0 bridgehead atoms. The number of hydrogen-bond donors (Lipinski definition) is 1. The Bertz CT molecular complexity index is 1180. The van der Waals surface area contributed by atoms with E-state index in [1.807, 2.05) is 17.0 Å². The summed E-state index contributed by atoms with van der Waals surface area (Å²) in [6.45, 7) is 10.5. The van der Waals surface area contributed by atoms with Crippen molar-refractivity contribution in [3.8, 4) is 0 Å². The van der Waals surface area contributed by atoms with Crippen LogP contribution in [0.3, 0.4) is 0 Å². The topological polar surface area (TPSA) is 56.3 Å². The van der Waals surface area contributed by atoms with Crippen LogP contribution in [-0.2, 0) is 16.0 Å². The van der Waals surface area contributed by atoms with Gasteiger partial charge in [-0.05, 0) is 62.9 Å². The van der Waals surface area contributed by atoms with E-state index in [0.29, 0.717) is 51.4 Å². The van der Waals surface area contributed by atoms with Gasteiger partial charge in [0.1, 0.15) is 11.6 Å². The summed E-state index contributed by atoms with van der Waals surface area (Å²) < 4.78 is 35.1. The summed E-state index contributed by atoms with van der Waals surface area (Å²) in [6.07, 6.45) is 0.812. The number of carbonyl (C=O) groups excluding carboxylic acids is 1. The lowest BCUT2D eigenvalue weighted by molar-refractivity contribution is -0.139. The van der Waals surface area contributed by atoms with Crippen molar-refractivity contribution in [1.29, 1.82) is 0 Å². The number of ether oxygens (including phenoxy) is 1. The second kappa shape index (κ2) is 12.1. The maximum Gasteiger partial charge on any atom is 0.227 e. The average Bonchev–Trinajstić information content (AvgIpc) is 3.55. The molecule has 3 heterocycles. The first-order valence-electron chi connectivity index (χ1n) is 14.3. The number of piperazine rings is 1. The van der Waals surface area contributed by atoms with E-state index in [2.05, 4.69) is 58.6 Å². The lowest BCUT2D eigenvalue weighted by Gasteiger charge is -2.43. The summed E-state index contributed by atoms with van der Waals surface area (Å²) in [7, 11) is 0. The molecule has 5 atom stereocenters. The van der Waals surface area contributed by atoms with Gasteiger partial charge in [0, 0.05) is 73.2 Å². The van der Waals surface area contributed by atoms with Crippen molar-refractivity contribution in [3.05, 3.63) is 69.7 Å². The fraction of sp³-hybridized carbons (Fsp3) is 0.581. The van der Waals surface area contributed by atoms with Crippen LogP contribution in [0.2, 0.25) is 0 Å². The first-order valence-corrected chi connectivity index (χ1v) is 15.1. The SMILES string of the molecule is CC(C)(C)N1C[C@@H](C(=O)N2CCN([C@@H](Cc3ccc(Br)cc3)C3CCOC3O)CC2)[C@H](c2ccc(F)cc2F)C1. The van der Waals surface area contributed by atoms with Crippen molar-refractivity contribution in [1.82, 2.24) is 14.7 Å². The summed E-state index contributed by atoms with van der Waals surface area (Å²) in [5, 5.41) is 10.6. The van der Waals surface area contributed by atoms with Crippen LogP contribution < -0.4 is 0 Å². The number of halogens is 3. The van der Waals surface area contributed by atoms with E-state index in [9.17, 15) is 18.7 Å². The maximum absolute atomic E-state index is 14.9. The van der Waals surface area contributed by atoms with Gasteiger partial charge in [0.25, 0.3) is 0 Å². The number of carbonyl (C=O) groups is 1. The molecule has 0 aromatic heterocycles. The molecule has 3 aliphatic heterocycles. The van der Waals surface area contributed by atoms with Gasteiger partial charge in [-0.25, -0.2) is 8.78 Å². The highest BCUT2D eigenvalue weighted by Gasteiger charge is 2.45. The Kier molecular flexibility index (Phi) is 8.97. The quantitative estimate of drug-likeness (QED) is 0.510. The van der Waals surface area contributed by atoms with Crippen molar-refractivity contribution in [2.24, 2.45) is 11.8 Å². The van der Waals surface area contributed by atoms with E-state index in [0.717, 1.165) is 23.4 Å². The molecule has 1 N–H and O–H groups in total. The lowest BCUT2D eigenvalue weighted by atomic mass is 9.87. The summed E-state index contributed by atoms with van der Waals surface area (Å²) in [6, 6.07) is 12.1. The third kappa shape index (κ3) is 6.44. The van der Waals surface area contributed by atoms with Gasteiger partial charge in [0.2, 0.25) is 5.91 Å². The van der Waals surface area contributed by atoms with Crippen LogP contribution in [0.1, 0.15) is 44.2 Å². The monoisotopic (exact) mass is 619 g/mol. The molecule has 0 saturated carbocycles. The van der Waals surface area contributed by atoms with Crippen molar-refractivity contribution < 1.29 is 23.4 Å². The van der Waals surface area contributed by atoms with E-state index < -0.39 is 23.8 Å². The molecule has 5 rings (SSSR count). The Labute approximate surface area is 244 Å². The molecule has 0 aliphatic carbocycles. The number of benzene rings is 2. The van der Waals surface area contributed by atoms with Crippen LogP contribution in [0.5, 0.6) is 0 Å². The highest BCUT2D eigenvalue weighted by atomic mass is 79.9. The molecular formula is C31H40BrF2N3O3. The van der Waals surface area contributed by atoms with E-state index in [-0.39, 0.29) is 29.3 Å². The number of aliphatic hydroxyl groups is 1. The molecule has 6 nitrogen and oxygen atoms in total. The molecule has 40 heavy (non-hydrogen) atoms. The largest absolute Gasteiger partial charge is 0.368 e. The molecule has 2 aromatic carbocycles. The highest BCUT2D eigenvalue weighted by Crippen LogP contribution is 2.39. The van der Waals surface area contributed by atoms with Crippen LogP contribution in [0, 0.1) is 23.5 Å². The Hall–Kier alpha value is -1.91. The van der Waals surface area contributed by atoms with E-state index in [1.54, 1.807) is 0 Å². The number of nitrogens with zero attached hydrogens (tertiary/aromatic N) is 3. The van der Waals surface area contributed by atoms with Crippen LogP contribution >= 0.6 is 15.9 Å². The molecule has 9 heteroatoms. The minimum atomic E-state index is -0.784. The molecule has 2 aromatic rings. The van der Waals surface area contributed by atoms with Gasteiger partial charge in [0.05, 0.1) is 12.5 Å². The van der Waals surface area contributed by atoms with Crippen LogP contribution in [0.25, 0.3) is 0 Å². The number of rotatable bonds is 6. The Balaban J connectivity index is 1.30. The summed E-state index contributed by atoms with van der Waals surface area (Å²) in [4.78, 5) is 20.5. The van der Waals surface area contributed by atoms with Crippen molar-refractivity contribution in [2.45, 2.75) is 57.4 Å². The Morgan fingerprint density at radius 3 is 2.38 bits per heavy atom. The standard InChI is InChI=1S/C31H40BrF2N3O3/c1-31(2,3)37-18-25(23-9-8-22(33)17-27(23)34)26(19-37)29(38)36-13-11-35(12-14-36)28(24-10-15-40-30(24)39)16-20-4-6-21(32)7-5-20/h4-9,17,24-26,28,30,39H,10-16,18-19H2,1-3H3/t24?,25-,26+,28-,30?/m0/s1. The van der Waals surface area contributed by atoms with Crippen molar-refractivity contribution in [3.63, 3.8) is 0 Å². The second-order valence-corrected chi connectivity index (χ2v) is 13.3. The lowest BCUT2D eigenvalue weighted by Crippen LogP contribution is -2.56. The van der Waals surface area contributed by atoms with Crippen LogP contribution in [-0.4, -0.2) is 89.5 Å². The summed E-state index contributed by atoms with van der Waals surface area (Å²) >= 11 is 3.50. The third-order valence-electron chi connectivity index (χ3n) is 9.00. The van der Waals surface area contributed by atoms with E-state index in [4.69, 9.17) is 4.74 Å². The third-order valence-corrected chi connectivity index (χ3v) is 9.53. The zero-order valence-corrected chi connectivity index (χ0v) is 25.1. The smallest absolute Gasteiger partial charge is 0.227 e. The van der Waals surface area contributed by atoms with Gasteiger partial charge in [0.15, 0.2) is 6.29 Å². The summed E-state index contributed by atoms with van der Waals surface area (Å²) in [5.41, 5.74) is 1.44. The van der Waals surface area contributed by atoms with Crippen molar-refractivity contribution in [2.75, 3.05) is 45.9 Å². The summed E-state index contributed by atoms with van der Waals surface area (Å²) in [5.74, 6) is -1.88. The van der Waals surface area contributed by atoms with E-state index in [1.165, 1.54) is 17.7 Å². The Morgan fingerprint density at radius 2 is 1.77 bits per heavy atom. The normalized spacial score (nSPS) is 27.3. The van der Waals surface area contributed by atoms with Crippen molar-refractivity contribution >= 4 is 21.8 Å². The van der Waals surface area contributed by atoms with Crippen LogP contribution in [0.15, 0.2) is 46.9 Å². The van der Waals surface area contributed by atoms with E-state index >= 15 is 0 Å². The highest BCUT2D eigenvalue weighted by molar-refractivity contribution is 9.10. The van der Waals surface area contributed by atoms with Gasteiger partial charge in [-0.15, -0.1) is 0 Å². The van der Waals surface area contributed by atoms with Crippen LogP contribution in [0.4, 0.5) is 8.78 Å². The van der Waals surface area contributed by atoms with Gasteiger partial charge < -0.3 is 14.7 Å². The number of aliphatic hydroxyl groups excluding tert-OH is 1. The first-order chi connectivity index (χ1) is 19.0.